The average molecular weight is 216 g/mol. The summed E-state index contributed by atoms with van der Waals surface area (Å²) in [4.78, 5) is 11.8. The van der Waals surface area contributed by atoms with Crippen molar-refractivity contribution in [1.29, 1.82) is 5.26 Å². The van der Waals surface area contributed by atoms with E-state index in [9.17, 15) is 4.79 Å². The first-order valence-corrected chi connectivity index (χ1v) is 5.29. The second-order valence-corrected chi connectivity index (χ2v) is 4.06. The zero-order valence-electron chi connectivity index (χ0n) is 9.87. The van der Waals surface area contributed by atoms with Crippen LogP contribution in [0.5, 0.6) is 0 Å². The van der Waals surface area contributed by atoms with Crippen LogP contribution in [0.2, 0.25) is 0 Å². The Hall–Kier alpha value is -1.82. The Morgan fingerprint density at radius 3 is 2.81 bits per heavy atom. The molecule has 3 nitrogen and oxygen atoms in total. The molecule has 1 rings (SSSR count). The maximum absolute atomic E-state index is 11.8. The first kappa shape index (κ1) is 12.3. The summed E-state index contributed by atoms with van der Waals surface area (Å²) in [5.41, 5.74) is 2.70. The zero-order chi connectivity index (χ0) is 12.1. The average Bonchev–Trinajstić information content (AvgIpc) is 2.28. The molecule has 0 heterocycles. The van der Waals surface area contributed by atoms with Crippen LogP contribution in [0.3, 0.4) is 0 Å². The molecule has 0 saturated heterocycles. The molecule has 1 amide bonds. The third-order valence-electron chi connectivity index (χ3n) is 2.43. The fraction of sp³-hybridized carbons (Fsp3) is 0.385. The molecule has 0 fully saturated rings. The number of carbonyl (C=O) groups excluding carboxylic acids is 1. The van der Waals surface area contributed by atoms with Crippen molar-refractivity contribution in [3.05, 3.63) is 34.9 Å². The standard InChI is InChI=1S/C13H16N2O/c1-9-4-5-11(3)12(6-9)13(16)15-8-10(2)7-14/h4-6,10H,8H2,1-3H3,(H,15,16). The predicted molar refractivity (Wildman–Crippen MR) is 63.0 cm³/mol. The highest BCUT2D eigenvalue weighted by atomic mass is 16.1. The molecule has 0 radical (unpaired) electrons. The molecular weight excluding hydrogens is 200 g/mol. The highest BCUT2D eigenvalue weighted by molar-refractivity contribution is 5.95. The minimum Gasteiger partial charge on any atom is -0.351 e. The van der Waals surface area contributed by atoms with Crippen LogP contribution in [-0.2, 0) is 0 Å². The summed E-state index contributed by atoms with van der Waals surface area (Å²) in [6.45, 7) is 6.03. The van der Waals surface area contributed by atoms with E-state index in [1.165, 1.54) is 0 Å². The maximum Gasteiger partial charge on any atom is 0.251 e. The summed E-state index contributed by atoms with van der Waals surface area (Å²) in [6, 6.07) is 7.85. The SMILES string of the molecule is Cc1ccc(C)c(C(=O)NCC(C)C#N)c1. The Morgan fingerprint density at radius 2 is 2.19 bits per heavy atom. The Kier molecular flexibility index (Phi) is 4.07. The van der Waals surface area contributed by atoms with Gasteiger partial charge in [0.25, 0.3) is 5.91 Å². The van der Waals surface area contributed by atoms with E-state index in [4.69, 9.17) is 5.26 Å². The van der Waals surface area contributed by atoms with E-state index in [2.05, 4.69) is 11.4 Å². The molecule has 1 atom stereocenters. The minimum atomic E-state index is -0.158. The Balaban J connectivity index is 2.74. The van der Waals surface area contributed by atoms with Gasteiger partial charge in [0.05, 0.1) is 12.0 Å². The summed E-state index contributed by atoms with van der Waals surface area (Å²) in [7, 11) is 0. The van der Waals surface area contributed by atoms with E-state index >= 15 is 0 Å². The van der Waals surface area contributed by atoms with Crippen LogP contribution in [0, 0.1) is 31.1 Å². The molecule has 0 aliphatic rings. The van der Waals surface area contributed by atoms with Gasteiger partial charge in [0.2, 0.25) is 0 Å². The van der Waals surface area contributed by atoms with Crippen LogP contribution in [0.25, 0.3) is 0 Å². The van der Waals surface area contributed by atoms with Crippen molar-refractivity contribution >= 4 is 5.91 Å². The summed E-state index contributed by atoms with van der Waals surface area (Å²) < 4.78 is 0. The molecule has 1 aromatic rings. The molecule has 1 unspecified atom stereocenters. The van der Waals surface area contributed by atoms with Crippen LogP contribution in [0.1, 0.15) is 28.4 Å². The molecule has 0 aliphatic carbocycles. The number of aryl methyl sites for hydroxylation is 2. The number of benzene rings is 1. The molecule has 3 heteroatoms. The van der Waals surface area contributed by atoms with Gasteiger partial charge in [0.1, 0.15) is 0 Å². The monoisotopic (exact) mass is 216 g/mol. The first-order valence-electron chi connectivity index (χ1n) is 5.29. The molecule has 0 aromatic heterocycles. The highest BCUT2D eigenvalue weighted by Gasteiger charge is 2.09. The van der Waals surface area contributed by atoms with Crippen LogP contribution in [0.4, 0.5) is 0 Å². The quantitative estimate of drug-likeness (QED) is 0.842. The van der Waals surface area contributed by atoms with E-state index in [0.29, 0.717) is 12.1 Å². The molecule has 0 bridgehead atoms. The van der Waals surface area contributed by atoms with E-state index in [1.807, 2.05) is 32.0 Å². The number of carbonyl (C=O) groups is 1. The van der Waals surface area contributed by atoms with Gasteiger partial charge < -0.3 is 5.32 Å². The van der Waals surface area contributed by atoms with Crippen molar-refractivity contribution in [1.82, 2.24) is 5.32 Å². The van der Waals surface area contributed by atoms with Crippen LogP contribution in [-0.4, -0.2) is 12.5 Å². The zero-order valence-corrected chi connectivity index (χ0v) is 9.87. The molecule has 0 saturated carbocycles. The number of rotatable bonds is 3. The molecule has 0 spiro atoms. The lowest BCUT2D eigenvalue weighted by Gasteiger charge is -2.09. The second kappa shape index (κ2) is 5.32. The lowest BCUT2D eigenvalue weighted by molar-refractivity contribution is 0.0950. The van der Waals surface area contributed by atoms with Crippen molar-refractivity contribution in [3.63, 3.8) is 0 Å². The first-order chi connectivity index (χ1) is 7.54. The molecule has 1 aromatic carbocycles. The van der Waals surface area contributed by atoms with Crippen molar-refractivity contribution in [2.75, 3.05) is 6.54 Å². The fourth-order valence-electron chi connectivity index (χ4n) is 1.37. The van der Waals surface area contributed by atoms with Crippen molar-refractivity contribution < 1.29 is 4.79 Å². The van der Waals surface area contributed by atoms with Gasteiger partial charge in [0.15, 0.2) is 0 Å². The van der Waals surface area contributed by atoms with Gasteiger partial charge in [-0.05, 0) is 32.4 Å². The number of amides is 1. The van der Waals surface area contributed by atoms with Gasteiger partial charge in [-0.1, -0.05) is 17.7 Å². The van der Waals surface area contributed by atoms with Crippen molar-refractivity contribution in [3.8, 4) is 6.07 Å². The van der Waals surface area contributed by atoms with Crippen molar-refractivity contribution in [2.24, 2.45) is 5.92 Å². The highest BCUT2D eigenvalue weighted by Crippen LogP contribution is 2.10. The maximum atomic E-state index is 11.8. The van der Waals surface area contributed by atoms with E-state index < -0.39 is 0 Å². The summed E-state index contributed by atoms with van der Waals surface area (Å²) in [5, 5.41) is 11.4. The summed E-state index contributed by atoms with van der Waals surface area (Å²) in [6.07, 6.45) is 0. The van der Waals surface area contributed by atoms with E-state index in [1.54, 1.807) is 6.92 Å². The van der Waals surface area contributed by atoms with Gasteiger partial charge in [-0.3, -0.25) is 4.79 Å². The molecule has 16 heavy (non-hydrogen) atoms. The molecule has 0 aliphatic heterocycles. The predicted octanol–water partition coefficient (Wildman–Crippen LogP) is 2.19. The third-order valence-corrected chi connectivity index (χ3v) is 2.43. The molecule has 1 N–H and O–H groups in total. The minimum absolute atomic E-state index is 0.108. The smallest absolute Gasteiger partial charge is 0.251 e. The van der Waals surface area contributed by atoms with Crippen LogP contribution < -0.4 is 5.32 Å². The van der Waals surface area contributed by atoms with Gasteiger partial charge >= 0.3 is 0 Å². The van der Waals surface area contributed by atoms with Crippen LogP contribution >= 0.6 is 0 Å². The molecular formula is C13H16N2O. The Bertz CT molecular complexity index is 432. The molecule has 84 valence electrons. The number of nitrogens with one attached hydrogen (secondary N) is 1. The lowest BCUT2D eigenvalue weighted by Crippen LogP contribution is -2.28. The summed E-state index contributed by atoms with van der Waals surface area (Å²) >= 11 is 0. The number of nitrogens with zero attached hydrogens (tertiary/aromatic N) is 1. The lowest BCUT2D eigenvalue weighted by atomic mass is 10.0. The van der Waals surface area contributed by atoms with Crippen LogP contribution in [0.15, 0.2) is 18.2 Å². The third kappa shape index (κ3) is 3.09. The van der Waals surface area contributed by atoms with Crippen molar-refractivity contribution in [2.45, 2.75) is 20.8 Å². The second-order valence-electron chi connectivity index (χ2n) is 4.06. The Morgan fingerprint density at radius 1 is 1.50 bits per heavy atom. The van der Waals surface area contributed by atoms with Gasteiger partial charge in [-0.15, -0.1) is 0 Å². The Labute approximate surface area is 96.1 Å². The van der Waals surface area contributed by atoms with E-state index in [-0.39, 0.29) is 11.8 Å². The number of nitriles is 1. The summed E-state index contributed by atoms with van der Waals surface area (Å²) in [5.74, 6) is -0.266. The fourth-order valence-corrected chi connectivity index (χ4v) is 1.37. The van der Waals surface area contributed by atoms with Gasteiger partial charge in [-0.2, -0.15) is 5.26 Å². The largest absolute Gasteiger partial charge is 0.351 e. The number of hydrogen-bond donors (Lipinski definition) is 1. The topological polar surface area (TPSA) is 52.9 Å². The van der Waals surface area contributed by atoms with Gasteiger partial charge in [0, 0.05) is 12.1 Å². The normalized spacial score (nSPS) is 11.6. The number of hydrogen-bond acceptors (Lipinski definition) is 2. The van der Waals surface area contributed by atoms with E-state index in [0.717, 1.165) is 11.1 Å². The van der Waals surface area contributed by atoms with Gasteiger partial charge in [-0.25, -0.2) is 0 Å².